The quantitative estimate of drug-likeness (QED) is 0.529. The van der Waals surface area contributed by atoms with Crippen molar-refractivity contribution in [3.63, 3.8) is 0 Å². The van der Waals surface area contributed by atoms with Gasteiger partial charge in [0, 0.05) is 17.5 Å². The van der Waals surface area contributed by atoms with E-state index in [-0.39, 0.29) is 12.4 Å². The smallest absolute Gasteiger partial charge is 0.124 e. The molecule has 2 rings (SSSR count). The highest BCUT2D eigenvalue weighted by atomic mass is 32.2. The molecule has 0 fully saturated rings. The van der Waals surface area contributed by atoms with E-state index in [0.29, 0.717) is 11.3 Å². The van der Waals surface area contributed by atoms with Crippen LogP contribution in [0.3, 0.4) is 0 Å². The van der Waals surface area contributed by atoms with E-state index in [1.165, 1.54) is 30.2 Å². The molecule has 0 aliphatic carbocycles. The Morgan fingerprint density at radius 1 is 1.32 bits per heavy atom. The van der Waals surface area contributed by atoms with Crippen LogP contribution in [0.1, 0.15) is 11.1 Å². The third kappa shape index (κ3) is 4.36. The molecule has 1 aromatic heterocycles. The summed E-state index contributed by atoms with van der Waals surface area (Å²) in [6, 6.07) is 6.59. The molecule has 5 heteroatoms. The molecule has 2 aromatic rings. The van der Waals surface area contributed by atoms with E-state index >= 15 is 0 Å². The summed E-state index contributed by atoms with van der Waals surface area (Å²) in [4.78, 5) is 7.95. The first-order chi connectivity index (χ1) is 9.28. The van der Waals surface area contributed by atoms with Gasteiger partial charge in [-0.3, -0.25) is 0 Å². The number of halogens is 1. The van der Waals surface area contributed by atoms with Crippen LogP contribution >= 0.6 is 11.8 Å². The van der Waals surface area contributed by atoms with E-state index in [2.05, 4.69) is 21.8 Å². The molecule has 0 bridgehead atoms. The Labute approximate surface area is 115 Å². The number of nitrogens with zero attached hydrogens (tertiary/aromatic N) is 2. The van der Waals surface area contributed by atoms with E-state index in [4.69, 9.17) is 5.73 Å². The van der Waals surface area contributed by atoms with Gasteiger partial charge >= 0.3 is 0 Å². The zero-order chi connectivity index (χ0) is 13.5. The standard InChI is InChI=1S/C14H12FN3S/c15-13-7-11(2-1-4-16)6-12(8-13)9-19-14-3-5-17-10-18-14/h3,5-8,10H,4,9,16H2. The summed E-state index contributed by atoms with van der Waals surface area (Å²) >= 11 is 1.52. The van der Waals surface area contributed by atoms with Crippen molar-refractivity contribution in [2.45, 2.75) is 10.8 Å². The van der Waals surface area contributed by atoms with Crippen LogP contribution in [0.4, 0.5) is 4.39 Å². The Morgan fingerprint density at radius 3 is 2.95 bits per heavy atom. The molecule has 19 heavy (non-hydrogen) atoms. The van der Waals surface area contributed by atoms with Crippen molar-refractivity contribution >= 4 is 11.8 Å². The van der Waals surface area contributed by atoms with Crippen LogP contribution in [0, 0.1) is 17.7 Å². The fourth-order valence-corrected chi connectivity index (χ4v) is 2.24. The monoisotopic (exact) mass is 273 g/mol. The molecule has 96 valence electrons. The Balaban J connectivity index is 2.10. The molecule has 0 spiro atoms. The van der Waals surface area contributed by atoms with Gasteiger partial charge < -0.3 is 5.73 Å². The summed E-state index contributed by atoms with van der Waals surface area (Å²) in [5, 5.41) is 0.855. The molecule has 0 aliphatic heterocycles. The Hall–Kier alpha value is -1.90. The molecular weight excluding hydrogens is 261 g/mol. The minimum Gasteiger partial charge on any atom is -0.320 e. The SMILES string of the molecule is NCC#Cc1cc(F)cc(CSc2ccncn2)c1. The van der Waals surface area contributed by atoms with Crippen LogP contribution in [0.25, 0.3) is 0 Å². The van der Waals surface area contributed by atoms with Crippen LogP contribution in [0.2, 0.25) is 0 Å². The average Bonchev–Trinajstić information content (AvgIpc) is 2.43. The first-order valence-corrected chi connectivity index (χ1v) is 6.63. The highest BCUT2D eigenvalue weighted by molar-refractivity contribution is 7.98. The van der Waals surface area contributed by atoms with Crippen molar-refractivity contribution in [2.24, 2.45) is 5.73 Å². The lowest BCUT2D eigenvalue weighted by Crippen LogP contribution is -1.93. The number of aromatic nitrogens is 2. The highest BCUT2D eigenvalue weighted by Gasteiger charge is 2.01. The number of hydrogen-bond acceptors (Lipinski definition) is 4. The van der Waals surface area contributed by atoms with Gasteiger partial charge in [-0.1, -0.05) is 11.8 Å². The molecule has 1 heterocycles. The molecule has 0 unspecified atom stereocenters. The van der Waals surface area contributed by atoms with E-state index in [1.807, 2.05) is 12.1 Å². The van der Waals surface area contributed by atoms with Gasteiger partial charge in [0.1, 0.15) is 12.1 Å². The van der Waals surface area contributed by atoms with Gasteiger partial charge in [0.15, 0.2) is 0 Å². The lowest BCUT2D eigenvalue weighted by Gasteiger charge is -2.02. The van der Waals surface area contributed by atoms with E-state index in [1.54, 1.807) is 6.20 Å². The van der Waals surface area contributed by atoms with Gasteiger partial charge in [0.25, 0.3) is 0 Å². The molecule has 1 aromatic carbocycles. The van der Waals surface area contributed by atoms with Gasteiger partial charge in [-0.25, -0.2) is 14.4 Å². The van der Waals surface area contributed by atoms with Crippen molar-refractivity contribution in [3.8, 4) is 11.8 Å². The predicted molar refractivity (Wildman–Crippen MR) is 73.9 cm³/mol. The molecule has 0 saturated carbocycles. The minimum absolute atomic E-state index is 0.265. The molecule has 0 atom stereocenters. The average molecular weight is 273 g/mol. The van der Waals surface area contributed by atoms with Crippen LogP contribution in [-0.2, 0) is 5.75 Å². The Bertz CT molecular complexity index is 605. The molecule has 3 nitrogen and oxygen atoms in total. The third-order valence-electron chi connectivity index (χ3n) is 2.23. The van der Waals surface area contributed by atoms with Gasteiger partial charge in [-0.05, 0) is 29.8 Å². The second kappa shape index (κ2) is 6.88. The van der Waals surface area contributed by atoms with Gasteiger partial charge in [0.2, 0.25) is 0 Å². The third-order valence-corrected chi connectivity index (χ3v) is 3.25. The summed E-state index contributed by atoms with van der Waals surface area (Å²) in [7, 11) is 0. The van der Waals surface area contributed by atoms with Gasteiger partial charge in [0.05, 0.1) is 11.6 Å². The lowest BCUT2D eigenvalue weighted by molar-refractivity contribution is 0.626. The van der Waals surface area contributed by atoms with Crippen molar-refractivity contribution in [1.82, 2.24) is 9.97 Å². The van der Waals surface area contributed by atoms with Crippen LogP contribution in [0.15, 0.2) is 41.8 Å². The largest absolute Gasteiger partial charge is 0.320 e. The summed E-state index contributed by atoms with van der Waals surface area (Å²) < 4.78 is 13.4. The first kappa shape index (κ1) is 13.5. The fraction of sp³-hybridized carbons (Fsp3) is 0.143. The lowest BCUT2D eigenvalue weighted by atomic mass is 10.1. The summed E-state index contributed by atoms with van der Waals surface area (Å²) in [5.41, 5.74) is 6.81. The number of hydrogen-bond donors (Lipinski definition) is 1. The predicted octanol–water partition coefficient (Wildman–Crippen LogP) is 2.22. The van der Waals surface area contributed by atoms with E-state index < -0.39 is 0 Å². The van der Waals surface area contributed by atoms with Crippen LogP contribution in [0.5, 0.6) is 0 Å². The Kier molecular flexibility index (Phi) is 4.90. The zero-order valence-corrected chi connectivity index (χ0v) is 11.0. The van der Waals surface area contributed by atoms with Crippen LogP contribution < -0.4 is 5.73 Å². The molecule has 0 saturated heterocycles. The second-order valence-electron chi connectivity index (χ2n) is 3.69. The number of nitrogens with two attached hydrogens (primary N) is 1. The summed E-state index contributed by atoms with van der Waals surface area (Å²) in [6.45, 7) is 0.265. The number of thioether (sulfide) groups is 1. The minimum atomic E-state index is -0.290. The fourth-order valence-electron chi connectivity index (χ4n) is 1.48. The zero-order valence-electron chi connectivity index (χ0n) is 10.1. The van der Waals surface area contributed by atoms with Crippen LogP contribution in [-0.4, -0.2) is 16.5 Å². The topological polar surface area (TPSA) is 51.8 Å². The maximum absolute atomic E-state index is 13.4. The number of rotatable bonds is 3. The summed E-state index contributed by atoms with van der Waals surface area (Å²) in [5.74, 6) is 5.89. The summed E-state index contributed by atoms with van der Waals surface area (Å²) in [6.07, 6.45) is 3.17. The molecule has 0 amide bonds. The van der Waals surface area contributed by atoms with Crippen molar-refractivity contribution in [3.05, 3.63) is 53.7 Å². The normalized spacial score (nSPS) is 9.79. The van der Waals surface area contributed by atoms with Gasteiger partial charge in [-0.15, -0.1) is 11.8 Å². The maximum atomic E-state index is 13.4. The molecule has 0 aliphatic rings. The first-order valence-electron chi connectivity index (χ1n) is 5.65. The molecule has 2 N–H and O–H groups in total. The van der Waals surface area contributed by atoms with Crippen molar-refractivity contribution in [2.75, 3.05) is 6.54 Å². The van der Waals surface area contributed by atoms with E-state index in [9.17, 15) is 4.39 Å². The highest BCUT2D eigenvalue weighted by Crippen LogP contribution is 2.21. The molecule has 0 radical (unpaired) electrons. The van der Waals surface area contributed by atoms with Crippen molar-refractivity contribution < 1.29 is 4.39 Å². The number of benzene rings is 1. The second-order valence-corrected chi connectivity index (χ2v) is 4.69. The maximum Gasteiger partial charge on any atom is 0.124 e. The van der Waals surface area contributed by atoms with E-state index in [0.717, 1.165) is 10.6 Å². The molecular formula is C14H12FN3S. The van der Waals surface area contributed by atoms with Gasteiger partial charge in [-0.2, -0.15) is 0 Å². The van der Waals surface area contributed by atoms with Crippen molar-refractivity contribution in [1.29, 1.82) is 0 Å². The Morgan fingerprint density at radius 2 is 2.21 bits per heavy atom.